The van der Waals surface area contributed by atoms with Gasteiger partial charge in [0, 0.05) is 52.4 Å². The van der Waals surface area contributed by atoms with Gasteiger partial charge in [-0.3, -0.25) is 4.99 Å². The minimum Gasteiger partial charge on any atom is -0.357 e. The quantitative estimate of drug-likeness (QED) is 0.447. The van der Waals surface area contributed by atoms with Crippen LogP contribution in [0.2, 0.25) is 0 Å². The van der Waals surface area contributed by atoms with Gasteiger partial charge in [0.1, 0.15) is 0 Å². The van der Waals surface area contributed by atoms with E-state index in [4.69, 9.17) is 4.99 Å². The van der Waals surface area contributed by atoms with Gasteiger partial charge in [-0.25, -0.2) is 0 Å². The molecule has 1 spiro atoms. The number of rotatable bonds is 6. The standard InChI is InChI=1S/C21H41N5/c1-3-22-20(26-14-11-21(19-26)9-5-4-6-10-21)23-12-7-8-13-25-17-15-24(2)16-18-25/h3-19H2,1-2H3,(H,22,23). The molecule has 150 valence electrons. The summed E-state index contributed by atoms with van der Waals surface area (Å²) in [6.07, 6.45) is 11.1. The summed E-state index contributed by atoms with van der Waals surface area (Å²) in [4.78, 5) is 12.6. The van der Waals surface area contributed by atoms with Gasteiger partial charge < -0.3 is 20.0 Å². The highest BCUT2D eigenvalue weighted by atomic mass is 15.3. The second kappa shape index (κ2) is 9.93. The number of nitrogens with zero attached hydrogens (tertiary/aromatic N) is 4. The van der Waals surface area contributed by atoms with E-state index in [0.29, 0.717) is 5.41 Å². The number of nitrogens with one attached hydrogen (secondary N) is 1. The van der Waals surface area contributed by atoms with Crippen LogP contribution in [-0.4, -0.2) is 86.6 Å². The monoisotopic (exact) mass is 363 g/mol. The van der Waals surface area contributed by atoms with Gasteiger partial charge >= 0.3 is 0 Å². The van der Waals surface area contributed by atoms with Crippen molar-refractivity contribution in [2.75, 3.05) is 66.0 Å². The molecule has 5 heteroatoms. The normalized spacial score (nSPS) is 25.2. The van der Waals surface area contributed by atoms with Crippen LogP contribution < -0.4 is 5.32 Å². The fourth-order valence-corrected chi connectivity index (χ4v) is 4.96. The van der Waals surface area contributed by atoms with Gasteiger partial charge in [0.2, 0.25) is 0 Å². The second-order valence-electron chi connectivity index (χ2n) is 8.82. The molecule has 1 aliphatic carbocycles. The van der Waals surface area contributed by atoms with Crippen molar-refractivity contribution in [1.82, 2.24) is 20.0 Å². The average molecular weight is 364 g/mol. The highest BCUT2D eigenvalue weighted by Gasteiger charge is 2.39. The van der Waals surface area contributed by atoms with E-state index in [0.717, 1.165) is 13.1 Å². The number of unbranched alkanes of at least 4 members (excludes halogenated alkanes) is 1. The Balaban J connectivity index is 1.39. The Bertz CT molecular complexity index is 436. The largest absolute Gasteiger partial charge is 0.357 e. The molecule has 5 nitrogen and oxygen atoms in total. The molecule has 0 aromatic rings. The smallest absolute Gasteiger partial charge is 0.193 e. The first-order valence-electron chi connectivity index (χ1n) is 11.1. The molecule has 2 heterocycles. The molecule has 3 rings (SSSR count). The van der Waals surface area contributed by atoms with Crippen LogP contribution in [0.1, 0.15) is 58.3 Å². The Morgan fingerprint density at radius 1 is 0.962 bits per heavy atom. The summed E-state index contributed by atoms with van der Waals surface area (Å²) >= 11 is 0. The molecule has 2 saturated heterocycles. The lowest BCUT2D eigenvalue weighted by Crippen LogP contribution is -2.44. The number of piperazine rings is 1. The zero-order valence-corrected chi connectivity index (χ0v) is 17.3. The van der Waals surface area contributed by atoms with E-state index in [1.165, 1.54) is 103 Å². The molecule has 0 bridgehead atoms. The van der Waals surface area contributed by atoms with Gasteiger partial charge in [0.15, 0.2) is 5.96 Å². The van der Waals surface area contributed by atoms with Crippen molar-refractivity contribution in [3.63, 3.8) is 0 Å². The predicted octanol–water partition coefficient (Wildman–Crippen LogP) is 2.64. The van der Waals surface area contributed by atoms with Crippen LogP contribution in [0.5, 0.6) is 0 Å². The Morgan fingerprint density at radius 3 is 2.46 bits per heavy atom. The molecule has 0 amide bonds. The molecule has 0 aromatic carbocycles. The number of guanidine groups is 1. The highest BCUT2D eigenvalue weighted by molar-refractivity contribution is 5.80. The minimum atomic E-state index is 0.607. The van der Waals surface area contributed by atoms with Gasteiger partial charge in [-0.05, 0) is 58.0 Å². The summed E-state index contributed by atoms with van der Waals surface area (Å²) in [5, 5.41) is 3.55. The number of hydrogen-bond acceptors (Lipinski definition) is 3. The maximum Gasteiger partial charge on any atom is 0.193 e. The van der Waals surface area contributed by atoms with Gasteiger partial charge in [-0.15, -0.1) is 0 Å². The third-order valence-electron chi connectivity index (χ3n) is 6.73. The van der Waals surface area contributed by atoms with Crippen LogP contribution in [-0.2, 0) is 0 Å². The predicted molar refractivity (Wildman–Crippen MR) is 111 cm³/mol. The average Bonchev–Trinajstić information content (AvgIpc) is 3.06. The molecular formula is C21H41N5. The molecule has 0 atom stereocenters. The third kappa shape index (κ3) is 5.59. The molecule has 0 radical (unpaired) electrons. The summed E-state index contributed by atoms with van der Waals surface area (Å²) in [5.74, 6) is 1.18. The van der Waals surface area contributed by atoms with Crippen molar-refractivity contribution in [3.8, 4) is 0 Å². The van der Waals surface area contributed by atoms with Gasteiger partial charge in [0.05, 0.1) is 0 Å². The van der Waals surface area contributed by atoms with Gasteiger partial charge in [-0.2, -0.15) is 0 Å². The van der Waals surface area contributed by atoms with E-state index in [2.05, 4.69) is 34.0 Å². The summed E-state index contributed by atoms with van der Waals surface area (Å²) < 4.78 is 0. The van der Waals surface area contributed by atoms with Crippen molar-refractivity contribution < 1.29 is 0 Å². The lowest BCUT2D eigenvalue weighted by Gasteiger charge is -2.33. The lowest BCUT2D eigenvalue weighted by atomic mass is 9.73. The Labute approximate surface area is 161 Å². The number of likely N-dealkylation sites (N-methyl/N-ethyl adjacent to an activating group) is 1. The summed E-state index contributed by atoms with van der Waals surface area (Å²) in [7, 11) is 2.23. The van der Waals surface area contributed by atoms with Crippen molar-refractivity contribution in [1.29, 1.82) is 0 Å². The minimum absolute atomic E-state index is 0.607. The Kier molecular flexibility index (Phi) is 7.62. The number of likely N-dealkylation sites (tertiary alicyclic amines) is 1. The number of aliphatic imine (C=N–C) groups is 1. The maximum absolute atomic E-state index is 4.97. The van der Waals surface area contributed by atoms with Crippen LogP contribution >= 0.6 is 0 Å². The van der Waals surface area contributed by atoms with Crippen LogP contribution in [0.25, 0.3) is 0 Å². The van der Waals surface area contributed by atoms with E-state index < -0.39 is 0 Å². The van der Waals surface area contributed by atoms with E-state index >= 15 is 0 Å². The molecule has 1 N–H and O–H groups in total. The van der Waals surface area contributed by atoms with Crippen LogP contribution in [0.3, 0.4) is 0 Å². The van der Waals surface area contributed by atoms with Crippen LogP contribution in [0.4, 0.5) is 0 Å². The molecule has 3 aliphatic rings. The van der Waals surface area contributed by atoms with E-state index in [9.17, 15) is 0 Å². The maximum atomic E-state index is 4.97. The van der Waals surface area contributed by atoms with E-state index in [1.807, 2.05) is 0 Å². The molecule has 0 aromatic heterocycles. The molecule has 0 unspecified atom stereocenters. The number of hydrogen-bond donors (Lipinski definition) is 1. The SMILES string of the molecule is CCNC(=NCCCCN1CCN(C)CC1)N1CCC2(CCCCC2)C1. The van der Waals surface area contributed by atoms with E-state index in [1.54, 1.807) is 0 Å². The molecular weight excluding hydrogens is 322 g/mol. The fraction of sp³-hybridized carbons (Fsp3) is 0.952. The molecule has 2 aliphatic heterocycles. The zero-order chi connectivity index (χ0) is 18.2. The topological polar surface area (TPSA) is 34.1 Å². The lowest BCUT2D eigenvalue weighted by molar-refractivity contribution is 0.152. The molecule has 1 saturated carbocycles. The first-order chi connectivity index (χ1) is 12.7. The summed E-state index contributed by atoms with van der Waals surface area (Å²) in [6.45, 7) is 12.7. The van der Waals surface area contributed by atoms with Gasteiger partial charge in [0.25, 0.3) is 0 Å². The molecule has 26 heavy (non-hydrogen) atoms. The van der Waals surface area contributed by atoms with Gasteiger partial charge in [-0.1, -0.05) is 19.3 Å². The Morgan fingerprint density at radius 2 is 1.73 bits per heavy atom. The van der Waals surface area contributed by atoms with Crippen molar-refractivity contribution in [2.45, 2.75) is 58.3 Å². The fourth-order valence-electron chi connectivity index (χ4n) is 4.96. The first-order valence-corrected chi connectivity index (χ1v) is 11.1. The Hall–Kier alpha value is -0.810. The van der Waals surface area contributed by atoms with Crippen molar-refractivity contribution >= 4 is 5.96 Å². The first kappa shape index (κ1) is 19.9. The second-order valence-corrected chi connectivity index (χ2v) is 8.82. The van der Waals surface area contributed by atoms with E-state index in [-0.39, 0.29) is 0 Å². The van der Waals surface area contributed by atoms with Crippen LogP contribution in [0, 0.1) is 5.41 Å². The van der Waals surface area contributed by atoms with Crippen molar-refractivity contribution in [3.05, 3.63) is 0 Å². The zero-order valence-electron chi connectivity index (χ0n) is 17.3. The summed E-state index contributed by atoms with van der Waals surface area (Å²) in [5.41, 5.74) is 0.607. The van der Waals surface area contributed by atoms with Crippen LogP contribution in [0.15, 0.2) is 4.99 Å². The highest BCUT2D eigenvalue weighted by Crippen LogP contribution is 2.43. The van der Waals surface area contributed by atoms with Crippen molar-refractivity contribution in [2.24, 2.45) is 10.4 Å². The summed E-state index contributed by atoms with van der Waals surface area (Å²) in [6, 6.07) is 0. The third-order valence-corrected chi connectivity index (χ3v) is 6.73. The molecule has 3 fully saturated rings.